The van der Waals surface area contributed by atoms with Gasteiger partial charge in [0.1, 0.15) is 17.1 Å². The fourth-order valence-corrected chi connectivity index (χ4v) is 3.88. The van der Waals surface area contributed by atoms with Crippen LogP contribution in [0.2, 0.25) is 0 Å². The first-order chi connectivity index (χ1) is 17.7. The van der Waals surface area contributed by atoms with E-state index < -0.39 is 83.3 Å². The minimum absolute atomic E-state index is 0.0372. The number of alkyl halides is 3. The number of benzene rings is 2. The Bertz CT molecular complexity index is 1380. The molecular formula is C23H16BrF5N2O7. The predicted molar refractivity (Wildman–Crippen MR) is 121 cm³/mol. The average molecular weight is 607 g/mol. The molecular weight excluding hydrogens is 591 g/mol. The van der Waals surface area contributed by atoms with E-state index in [-0.39, 0.29) is 15.9 Å². The molecule has 0 radical (unpaired) electrons. The highest BCUT2D eigenvalue weighted by molar-refractivity contribution is 9.10. The number of carbonyl (C=O) groups excluding carboxylic acids is 1. The average Bonchev–Trinajstić information content (AvgIpc) is 3.20. The normalized spacial score (nSPS) is 13.1. The Labute approximate surface area is 218 Å². The number of ether oxygens (including phenoxy) is 1. The third-order valence-corrected chi connectivity index (χ3v) is 5.74. The Balaban J connectivity index is 2.06. The summed E-state index contributed by atoms with van der Waals surface area (Å²) in [4.78, 5) is 38.4. The maximum atomic E-state index is 14.8. The van der Waals surface area contributed by atoms with Gasteiger partial charge in [0, 0.05) is 12.0 Å². The molecule has 9 nitrogen and oxygen atoms in total. The molecule has 0 fully saturated rings. The first kappa shape index (κ1) is 28.6. The Kier molecular flexibility index (Phi) is 8.39. The summed E-state index contributed by atoms with van der Waals surface area (Å²) in [6, 6.07) is 5.21. The lowest BCUT2D eigenvalue weighted by molar-refractivity contribution is -0.149. The van der Waals surface area contributed by atoms with Crippen LogP contribution in [0.4, 0.5) is 22.0 Å². The quantitative estimate of drug-likeness (QED) is 0.267. The lowest BCUT2D eigenvalue weighted by Gasteiger charge is -2.20. The zero-order chi connectivity index (χ0) is 28.4. The minimum Gasteiger partial charge on any atom is -0.481 e. The number of carboxylic acid groups (broad SMARTS) is 2. The fourth-order valence-electron chi connectivity index (χ4n) is 3.39. The van der Waals surface area contributed by atoms with Crippen LogP contribution >= 0.6 is 15.9 Å². The van der Waals surface area contributed by atoms with Crippen molar-refractivity contribution in [2.45, 2.75) is 25.1 Å². The molecule has 0 bridgehead atoms. The monoisotopic (exact) mass is 606 g/mol. The Morgan fingerprint density at radius 3 is 2.24 bits per heavy atom. The molecule has 15 heteroatoms. The number of nitrogens with two attached hydrogens (primary N) is 1. The van der Waals surface area contributed by atoms with E-state index in [1.54, 1.807) is 0 Å². The zero-order valence-electron chi connectivity index (χ0n) is 18.8. The van der Waals surface area contributed by atoms with Gasteiger partial charge >= 0.3 is 18.1 Å². The van der Waals surface area contributed by atoms with Gasteiger partial charge in [-0.2, -0.15) is 13.2 Å². The molecule has 2 atom stereocenters. The van der Waals surface area contributed by atoms with Gasteiger partial charge in [0.2, 0.25) is 5.89 Å². The van der Waals surface area contributed by atoms with Gasteiger partial charge in [-0.3, -0.25) is 14.4 Å². The molecule has 2 unspecified atom stereocenters. The Hall–Kier alpha value is -4.01. The number of aromatic nitrogens is 1. The molecule has 1 amide bonds. The van der Waals surface area contributed by atoms with Gasteiger partial charge in [-0.25, -0.2) is 13.8 Å². The lowest BCUT2D eigenvalue weighted by atomic mass is 9.97. The first-order valence-corrected chi connectivity index (χ1v) is 11.2. The van der Waals surface area contributed by atoms with Gasteiger partial charge in [-0.15, -0.1) is 0 Å². The number of amides is 1. The van der Waals surface area contributed by atoms with E-state index in [2.05, 4.69) is 20.9 Å². The van der Waals surface area contributed by atoms with Crippen LogP contribution in [0.15, 0.2) is 45.5 Å². The molecule has 38 heavy (non-hydrogen) atoms. The molecule has 0 aliphatic heterocycles. The van der Waals surface area contributed by atoms with Crippen LogP contribution in [0, 0.1) is 17.6 Å². The number of primary amides is 1. The van der Waals surface area contributed by atoms with Crippen molar-refractivity contribution in [1.29, 1.82) is 0 Å². The van der Waals surface area contributed by atoms with Gasteiger partial charge in [0.05, 0.1) is 17.9 Å². The number of oxazole rings is 1. The van der Waals surface area contributed by atoms with Gasteiger partial charge in [0.15, 0.2) is 22.3 Å². The van der Waals surface area contributed by atoms with E-state index in [0.717, 1.165) is 30.3 Å². The number of carboxylic acids is 2. The second-order valence-electron chi connectivity index (χ2n) is 7.82. The molecule has 0 saturated heterocycles. The molecule has 3 rings (SSSR count). The Morgan fingerprint density at radius 1 is 1.08 bits per heavy atom. The van der Waals surface area contributed by atoms with Crippen molar-refractivity contribution in [3.05, 3.63) is 69.7 Å². The van der Waals surface area contributed by atoms with E-state index in [9.17, 15) is 41.4 Å². The second kappa shape index (κ2) is 11.2. The van der Waals surface area contributed by atoms with Crippen molar-refractivity contribution >= 4 is 33.8 Å². The van der Waals surface area contributed by atoms with Crippen molar-refractivity contribution in [3.8, 4) is 17.0 Å². The van der Waals surface area contributed by atoms with Crippen molar-refractivity contribution in [2.24, 2.45) is 11.7 Å². The second-order valence-corrected chi connectivity index (χ2v) is 8.54. The van der Waals surface area contributed by atoms with Gasteiger partial charge in [0.25, 0.3) is 5.91 Å². The summed E-state index contributed by atoms with van der Waals surface area (Å²) in [6.07, 6.45) is -7.73. The predicted octanol–water partition coefficient (Wildman–Crippen LogP) is 5.19. The SMILES string of the molecule is NC(=O)c1c(F)ccc(OC(CC(CC(=O)O)C(=O)O)c2nc(-c3ccc(C(F)(F)F)cc3)c(Br)o2)c1F. The smallest absolute Gasteiger partial charge is 0.416 e. The van der Waals surface area contributed by atoms with Crippen LogP contribution in [0.25, 0.3) is 11.3 Å². The number of aliphatic carboxylic acids is 2. The third-order valence-electron chi connectivity index (χ3n) is 5.20. The fraction of sp³-hybridized carbons (Fsp3) is 0.217. The summed E-state index contributed by atoms with van der Waals surface area (Å²) in [7, 11) is 0. The summed E-state index contributed by atoms with van der Waals surface area (Å²) < 4.78 is 78.2. The summed E-state index contributed by atoms with van der Waals surface area (Å²) >= 11 is 3.05. The highest BCUT2D eigenvalue weighted by Crippen LogP contribution is 2.37. The molecule has 2 aromatic carbocycles. The molecule has 0 saturated carbocycles. The maximum absolute atomic E-state index is 14.8. The number of hydrogen-bond donors (Lipinski definition) is 3. The van der Waals surface area contributed by atoms with Crippen LogP contribution in [0.5, 0.6) is 5.75 Å². The van der Waals surface area contributed by atoms with Crippen LogP contribution in [-0.4, -0.2) is 33.0 Å². The van der Waals surface area contributed by atoms with Crippen LogP contribution in [0.1, 0.15) is 40.8 Å². The Morgan fingerprint density at radius 2 is 1.71 bits per heavy atom. The molecule has 1 aromatic heterocycles. The van der Waals surface area contributed by atoms with E-state index >= 15 is 0 Å². The van der Waals surface area contributed by atoms with Crippen LogP contribution in [-0.2, 0) is 15.8 Å². The molecule has 3 aromatic rings. The minimum atomic E-state index is -4.59. The van der Waals surface area contributed by atoms with E-state index in [4.69, 9.17) is 20.0 Å². The maximum Gasteiger partial charge on any atom is 0.416 e. The van der Waals surface area contributed by atoms with E-state index in [1.807, 2.05) is 0 Å². The largest absolute Gasteiger partial charge is 0.481 e. The molecule has 0 aliphatic carbocycles. The summed E-state index contributed by atoms with van der Waals surface area (Å²) in [5, 5.41) is 18.5. The van der Waals surface area contributed by atoms with Gasteiger partial charge in [-0.05, 0) is 40.2 Å². The molecule has 0 spiro atoms. The van der Waals surface area contributed by atoms with Crippen LogP contribution < -0.4 is 10.5 Å². The summed E-state index contributed by atoms with van der Waals surface area (Å²) in [5.41, 5.74) is 3.03. The van der Waals surface area contributed by atoms with Crippen molar-refractivity contribution in [2.75, 3.05) is 0 Å². The van der Waals surface area contributed by atoms with Crippen molar-refractivity contribution in [1.82, 2.24) is 4.98 Å². The molecule has 1 heterocycles. The number of hydrogen-bond acceptors (Lipinski definition) is 6. The van der Waals surface area contributed by atoms with Gasteiger partial charge in [-0.1, -0.05) is 12.1 Å². The topological polar surface area (TPSA) is 153 Å². The van der Waals surface area contributed by atoms with Crippen molar-refractivity contribution in [3.63, 3.8) is 0 Å². The number of halogens is 6. The lowest BCUT2D eigenvalue weighted by Crippen LogP contribution is -2.23. The van der Waals surface area contributed by atoms with E-state index in [0.29, 0.717) is 6.07 Å². The summed E-state index contributed by atoms with van der Waals surface area (Å²) in [5.74, 6) is -10.1. The highest BCUT2D eigenvalue weighted by Gasteiger charge is 2.33. The first-order valence-electron chi connectivity index (χ1n) is 10.4. The standard InChI is InChI=1S/C23H16BrF5N2O7/c24-19-18(9-1-3-11(4-2-9)23(27,28)29)31-21(38-19)14(7-10(22(35)36)8-15(32)33)37-13-6-5-12(25)16(17(13)26)20(30)34/h1-6,10,14H,7-8H2,(H2,30,34)(H,32,33)(H,35,36). The summed E-state index contributed by atoms with van der Waals surface area (Å²) in [6.45, 7) is 0. The number of rotatable bonds is 10. The van der Waals surface area contributed by atoms with Crippen molar-refractivity contribution < 1.29 is 55.7 Å². The molecule has 202 valence electrons. The number of nitrogens with zero attached hydrogens (tertiary/aromatic N) is 1. The van der Waals surface area contributed by atoms with Crippen LogP contribution in [0.3, 0.4) is 0 Å². The zero-order valence-corrected chi connectivity index (χ0v) is 20.3. The highest BCUT2D eigenvalue weighted by atomic mass is 79.9. The third kappa shape index (κ3) is 6.45. The van der Waals surface area contributed by atoms with Gasteiger partial charge < -0.3 is 25.1 Å². The number of carbonyl (C=O) groups is 3. The van der Waals surface area contributed by atoms with E-state index in [1.165, 1.54) is 0 Å². The molecule has 0 aliphatic rings. The molecule has 4 N–H and O–H groups in total.